The summed E-state index contributed by atoms with van der Waals surface area (Å²) >= 11 is 0. The Morgan fingerprint density at radius 1 is 0.471 bits per heavy atom. The normalized spacial score (nSPS) is 24.2. The minimum absolute atomic E-state index is 0.0568. The van der Waals surface area contributed by atoms with Crippen LogP contribution < -0.4 is 81.4 Å². The molecular formula is C91H124N22O27. The van der Waals surface area contributed by atoms with E-state index in [1.165, 1.54) is 62.2 Å². The van der Waals surface area contributed by atoms with Crippen LogP contribution in [0.3, 0.4) is 0 Å². The first-order chi connectivity index (χ1) is 66.3. The molecule has 3 aliphatic heterocycles. The van der Waals surface area contributed by atoms with E-state index in [0.717, 1.165) is 31.5 Å². The van der Waals surface area contributed by atoms with Crippen LogP contribution in [0, 0.1) is 0 Å². The van der Waals surface area contributed by atoms with Crippen LogP contribution in [0.25, 0.3) is 21.8 Å². The van der Waals surface area contributed by atoms with Gasteiger partial charge in [0.2, 0.25) is 112 Å². The number of nitrogens with one attached hydrogen (secondary N) is 12. The van der Waals surface area contributed by atoms with Gasteiger partial charge >= 0.3 is 17.9 Å². The summed E-state index contributed by atoms with van der Waals surface area (Å²) in [5, 5.41) is 79.9. The third-order valence-corrected chi connectivity index (χ3v) is 24.5. The summed E-state index contributed by atoms with van der Waals surface area (Å²) in [6.07, 6.45) is -6.40. The van der Waals surface area contributed by atoms with Crippen molar-refractivity contribution < 1.29 is 131 Å². The van der Waals surface area contributed by atoms with E-state index in [2.05, 4.69) is 63.5 Å². The van der Waals surface area contributed by atoms with Crippen molar-refractivity contribution in [2.75, 3.05) is 53.9 Å². The number of fused-ring (bicyclic) bond motifs is 4. The lowest BCUT2D eigenvalue weighted by atomic mass is 9.99. The van der Waals surface area contributed by atoms with Gasteiger partial charge < -0.3 is 141 Å². The molecule has 15 atom stereocenters. The van der Waals surface area contributed by atoms with Crippen LogP contribution in [0.2, 0.25) is 0 Å². The number of hydrogen-bond donors (Lipinski definition) is 21. The zero-order valence-corrected chi connectivity index (χ0v) is 78.3. The van der Waals surface area contributed by atoms with Gasteiger partial charge in [0.05, 0.1) is 32.0 Å². The van der Waals surface area contributed by atoms with E-state index >= 15 is 33.6 Å². The molecule has 25 N–H and O–H groups in total. The van der Waals surface area contributed by atoms with Crippen molar-refractivity contribution >= 4 is 152 Å². The van der Waals surface area contributed by atoms with Crippen LogP contribution in [0.5, 0.6) is 5.75 Å². The Hall–Kier alpha value is -15.2. The van der Waals surface area contributed by atoms with Crippen LogP contribution in [0.15, 0.2) is 85.2 Å². The fourth-order valence-electron chi connectivity index (χ4n) is 16.9. The fraction of sp³-hybridized carbons (Fsp3) is 0.516. The number of amides is 19. The summed E-state index contributed by atoms with van der Waals surface area (Å²) in [5.41, 5.74) is 24.2. The smallest absolute Gasteiger partial charge is 0.323 e. The summed E-state index contributed by atoms with van der Waals surface area (Å²) in [4.78, 5) is 320. The zero-order valence-electron chi connectivity index (χ0n) is 78.3. The Kier molecular flexibility index (Phi) is 40.8. The van der Waals surface area contributed by atoms with E-state index in [-0.39, 0.29) is 62.8 Å². The molecule has 49 nitrogen and oxygen atoms in total. The Morgan fingerprint density at radius 2 is 0.986 bits per heavy atom. The molecule has 19 amide bonds. The van der Waals surface area contributed by atoms with Gasteiger partial charge in [-0.15, -0.1) is 0 Å². The number of aliphatic hydroxyl groups is 1. The maximum atomic E-state index is 15.9. The number of H-pyrrole nitrogens is 1. The number of phenolic OH excluding ortho intramolecular Hbond substituents is 1. The van der Waals surface area contributed by atoms with Gasteiger partial charge in [-0.2, -0.15) is 0 Å². The van der Waals surface area contributed by atoms with E-state index in [1.807, 2.05) is 0 Å². The summed E-state index contributed by atoms with van der Waals surface area (Å²) < 4.78 is 1.34. The van der Waals surface area contributed by atoms with Gasteiger partial charge in [0, 0.05) is 120 Å². The van der Waals surface area contributed by atoms with Gasteiger partial charge in [0.1, 0.15) is 96.9 Å². The molecule has 0 unspecified atom stereocenters. The number of aliphatic hydroxyl groups excluding tert-OH is 1. The quantitative estimate of drug-likeness (QED) is 0.0204. The lowest BCUT2D eigenvalue weighted by Gasteiger charge is -2.36. The molecule has 3 aliphatic rings. The largest absolute Gasteiger partial charge is 0.508 e. The average Bonchev–Trinajstić information content (AvgIpc) is 1.70. The molecule has 2 aromatic heterocycles. The number of unbranched alkanes of at least 4 members (excludes halogenated alkanes) is 2. The maximum absolute atomic E-state index is 15.9. The standard InChI is InChI=1S/C91H124N22O27/c1-7-9-19-66-84(133)100-57(28-31-75(121)122)81(130)107-64(79(128)98-42-73(95)119)41-96-43-74(120)99-61(34-48-23-25-51(114)26-24-48)87(136)108(4)47(3)78(127)105-63(39-72(94)118)90(139)112-33-15-22-67(112)85(134)101-56(27-30-70(92)116)80(129)102-58(29-32-76(123)124)89(138)113-45-52(115)37-69(113)86(135)104-59(35-49-40-97-55-18-13-11-16-53(49)55)82(131)103-60(38-71(93)117)83(132)106-62(88(137)110(6)68(20-10-8-2)91(140)109(66)5)36-50-44-111(46-77(125)126)65-21-14-12-17-54(50)65/h11-14,16-18,21,23-26,40,44,47,52,56-64,66-69,96-97,114-115H,7-10,15,19-20,22,27-39,41-43,45-46H2,1-6H3,(H2,92,116)(H2,93,117)(H2,94,118)(H2,95,119)(H,98,128)(H,99,120)(H,100,133)(H,101,134)(H,102,129)(H,103,131)(H,104,135)(H,105,127)(H,106,132)(H,107,130)(H,121,122)(H,123,124)(H,125,126)/t47-,52+,56-,57-,58-,59-,60-,61-,62-,63-,64-,66-,67-,68-,69-/m0/s1. The lowest BCUT2D eigenvalue weighted by molar-refractivity contribution is -0.149. The summed E-state index contributed by atoms with van der Waals surface area (Å²) in [5.74, 6) is -26.0. The van der Waals surface area contributed by atoms with Crippen molar-refractivity contribution in [1.29, 1.82) is 0 Å². The highest BCUT2D eigenvalue weighted by Gasteiger charge is 2.47. The highest BCUT2D eigenvalue weighted by atomic mass is 16.4. The highest BCUT2D eigenvalue weighted by molar-refractivity contribution is 6.03. The van der Waals surface area contributed by atoms with Crippen LogP contribution >= 0.6 is 0 Å². The Morgan fingerprint density at radius 3 is 1.61 bits per heavy atom. The van der Waals surface area contributed by atoms with Gasteiger partial charge in [0.15, 0.2) is 0 Å². The molecular weight excluding hydrogens is 1830 g/mol. The molecule has 3 fully saturated rings. The first-order valence-corrected chi connectivity index (χ1v) is 45.8. The predicted octanol–water partition coefficient (Wildman–Crippen LogP) is -5.91. The molecule has 5 heterocycles. The second-order valence-corrected chi connectivity index (χ2v) is 34.9. The Labute approximate surface area is 802 Å². The number of nitrogens with two attached hydrogens (primary N) is 4. The number of aromatic amines is 1. The van der Waals surface area contributed by atoms with Crippen molar-refractivity contribution in [1.82, 2.24) is 92.5 Å². The number of nitrogens with zero attached hydrogens (tertiary/aromatic N) is 6. The molecule has 8 rings (SSSR count). The topological polar surface area (TPSA) is 750 Å². The van der Waals surface area contributed by atoms with E-state index in [4.69, 9.17) is 22.9 Å². The van der Waals surface area contributed by atoms with E-state index in [9.17, 15) is 97.5 Å². The summed E-state index contributed by atoms with van der Waals surface area (Å²) in [6, 6.07) is -6.74. The number of carbonyl (C=O) groups is 22. The number of hydrogen-bond acceptors (Lipinski definition) is 25. The molecule has 760 valence electrons. The maximum Gasteiger partial charge on any atom is 0.323 e. The summed E-state index contributed by atoms with van der Waals surface area (Å²) in [6.45, 7) is 0.747. The number of benzene rings is 3. The molecule has 3 aromatic carbocycles. The van der Waals surface area contributed by atoms with Crippen molar-refractivity contribution in [3.05, 3.63) is 102 Å². The van der Waals surface area contributed by atoms with Gasteiger partial charge in [-0.25, -0.2) is 0 Å². The van der Waals surface area contributed by atoms with Crippen molar-refractivity contribution in [3.63, 3.8) is 0 Å². The number of phenols is 1. The first-order valence-electron chi connectivity index (χ1n) is 45.8. The molecule has 0 spiro atoms. The molecule has 0 radical (unpaired) electrons. The number of carbonyl (C=O) groups excluding carboxylic acids is 19. The molecule has 5 aromatic rings. The minimum Gasteiger partial charge on any atom is -0.508 e. The van der Waals surface area contributed by atoms with Gasteiger partial charge in [-0.05, 0) is 92.8 Å². The SMILES string of the molecule is CCCC[C@H]1C(=O)N(C)[C@@H](CCCC)C(=O)N[C@@H](CCC(=O)O)C(=O)N[C@H](C(=O)NCC(N)=O)CNCC(=O)N[C@@H](Cc2ccc(O)cc2)C(=O)N(C)[C@@H](C)C(=O)N[C@@H](CC(N)=O)C(=O)N2CCC[C@H]2C(=O)N[C@@H](CCC(N)=O)C(=O)N[C@@H](CCC(=O)O)C(=O)N2C[C@H](O)C[C@H]2C(=O)N[C@@H](Cc2c[nH]c3ccccc23)C(=O)N[C@@H](CC(N)=O)C(=O)N[C@@H](Cc2cn(CC(=O)O)c3ccccc23)C(=O)N1C. The average molecular weight is 1960 g/mol. The molecule has 3 saturated heterocycles. The van der Waals surface area contributed by atoms with Crippen molar-refractivity contribution in [3.8, 4) is 5.75 Å². The van der Waals surface area contributed by atoms with Crippen molar-refractivity contribution in [2.24, 2.45) is 22.9 Å². The second kappa shape index (κ2) is 51.8. The third-order valence-electron chi connectivity index (χ3n) is 24.5. The number of primary amides is 4. The Bertz CT molecular complexity index is 5430. The van der Waals surface area contributed by atoms with Crippen LogP contribution in [-0.2, 0) is 131 Å². The lowest BCUT2D eigenvalue weighted by Crippen LogP contribution is -2.61. The second-order valence-electron chi connectivity index (χ2n) is 34.9. The zero-order chi connectivity index (χ0) is 103. The number of carboxylic acid groups (broad SMARTS) is 3. The fourth-order valence-corrected chi connectivity index (χ4v) is 16.9. The number of aromatic nitrogens is 2. The van der Waals surface area contributed by atoms with Crippen LogP contribution in [0.1, 0.15) is 147 Å². The van der Waals surface area contributed by atoms with Crippen LogP contribution in [0.4, 0.5) is 0 Å². The number of para-hydroxylation sites is 2. The van der Waals surface area contributed by atoms with Gasteiger partial charge in [-0.1, -0.05) is 88.1 Å². The molecule has 0 aliphatic carbocycles. The summed E-state index contributed by atoms with van der Waals surface area (Å²) in [7, 11) is 3.55. The van der Waals surface area contributed by atoms with E-state index < -0.39 is 324 Å². The molecule has 140 heavy (non-hydrogen) atoms. The minimum atomic E-state index is -2.10. The first kappa shape index (κ1) is 110. The third kappa shape index (κ3) is 31.2. The number of likely N-dealkylation sites (N-methyl/N-ethyl adjacent to an activating group) is 3. The Balaban J connectivity index is 1.24. The monoisotopic (exact) mass is 1960 g/mol. The predicted molar refractivity (Wildman–Crippen MR) is 495 cm³/mol. The number of aliphatic carboxylic acids is 3. The number of rotatable bonds is 30. The molecule has 0 bridgehead atoms. The van der Waals surface area contributed by atoms with Gasteiger partial charge in [-0.3, -0.25) is 105 Å². The van der Waals surface area contributed by atoms with E-state index in [1.54, 1.807) is 62.4 Å². The molecule has 0 saturated carbocycles. The molecule has 49 heteroatoms. The number of carboxylic acids is 3. The highest BCUT2D eigenvalue weighted by Crippen LogP contribution is 2.29. The number of aromatic hydroxyl groups is 1. The van der Waals surface area contributed by atoms with E-state index in [0.29, 0.717) is 45.8 Å². The van der Waals surface area contributed by atoms with Crippen LogP contribution in [-0.4, -0.2) is 334 Å². The van der Waals surface area contributed by atoms with Crippen molar-refractivity contribution in [2.45, 2.75) is 246 Å². The van der Waals surface area contributed by atoms with Gasteiger partial charge in [0.25, 0.3) is 0 Å².